The zero-order valence-corrected chi connectivity index (χ0v) is 11.5. The second-order valence-electron chi connectivity index (χ2n) is 3.78. The van der Waals surface area contributed by atoms with Crippen LogP contribution in [0.3, 0.4) is 0 Å². The normalized spacial score (nSPS) is 10.2. The van der Waals surface area contributed by atoms with Gasteiger partial charge in [0, 0.05) is 5.75 Å². The Bertz CT molecular complexity index is 517. The number of methoxy groups -OCH3 is 1. The Kier molecular flexibility index (Phi) is 4.92. The van der Waals surface area contributed by atoms with Crippen LogP contribution in [0.5, 0.6) is 11.5 Å². The lowest BCUT2D eigenvalue weighted by Gasteiger charge is -2.09. The summed E-state index contributed by atoms with van der Waals surface area (Å²) in [6.45, 7) is 0.594. The van der Waals surface area contributed by atoms with E-state index in [4.69, 9.17) is 15.2 Å². The molecule has 2 aromatic rings. The molecule has 19 heavy (non-hydrogen) atoms. The van der Waals surface area contributed by atoms with Gasteiger partial charge in [-0.05, 0) is 24.3 Å². The van der Waals surface area contributed by atoms with Gasteiger partial charge in [0.25, 0.3) is 0 Å². The van der Waals surface area contributed by atoms with Gasteiger partial charge < -0.3 is 15.2 Å². The zero-order valence-electron chi connectivity index (χ0n) is 10.7. The third-order valence-electron chi connectivity index (χ3n) is 2.42. The van der Waals surface area contributed by atoms with Crippen molar-refractivity contribution in [2.75, 3.05) is 25.2 Å². The van der Waals surface area contributed by atoms with Gasteiger partial charge in [-0.15, -0.1) is 11.8 Å². The average molecular weight is 276 g/mol. The maximum absolute atomic E-state index is 5.68. The number of benzene rings is 1. The Morgan fingerprint density at radius 2 is 1.95 bits per heavy atom. The average Bonchev–Trinajstić information content (AvgIpc) is 2.46. The second-order valence-corrected chi connectivity index (χ2v) is 4.89. The van der Waals surface area contributed by atoms with E-state index in [0.717, 1.165) is 22.3 Å². The standard InChI is InChI=1S/C14H16N2O2S/c1-17-12-4-2-3-5-13(12)18-8-9-19-14-7-6-11(15)10-16-14/h2-7,10H,8-9,15H2,1H3. The van der Waals surface area contributed by atoms with E-state index in [1.807, 2.05) is 36.4 Å². The molecule has 100 valence electrons. The molecule has 0 saturated heterocycles. The molecule has 1 aromatic heterocycles. The lowest BCUT2D eigenvalue weighted by atomic mass is 10.3. The summed E-state index contributed by atoms with van der Waals surface area (Å²) in [5.41, 5.74) is 6.25. The largest absolute Gasteiger partial charge is 0.493 e. The second kappa shape index (κ2) is 6.89. The van der Waals surface area contributed by atoms with Crippen LogP contribution in [0, 0.1) is 0 Å². The van der Waals surface area contributed by atoms with Crippen molar-refractivity contribution in [2.24, 2.45) is 0 Å². The van der Waals surface area contributed by atoms with Crippen molar-refractivity contribution in [1.82, 2.24) is 4.98 Å². The molecule has 1 heterocycles. The fourth-order valence-corrected chi connectivity index (χ4v) is 2.18. The van der Waals surface area contributed by atoms with Gasteiger partial charge in [0.05, 0.1) is 30.6 Å². The van der Waals surface area contributed by atoms with Crippen LogP contribution in [0.2, 0.25) is 0 Å². The Morgan fingerprint density at radius 3 is 2.63 bits per heavy atom. The number of anilines is 1. The number of hydrogen-bond acceptors (Lipinski definition) is 5. The number of ether oxygens (including phenoxy) is 2. The van der Waals surface area contributed by atoms with E-state index >= 15 is 0 Å². The first-order chi connectivity index (χ1) is 9.29. The van der Waals surface area contributed by atoms with Crippen LogP contribution in [-0.4, -0.2) is 24.5 Å². The lowest BCUT2D eigenvalue weighted by Crippen LogP contribution is -2.01. The summed E-state index contributed by atoms with van der Waals surface area (Å²) < 4.78 is 10.9. The third-order valence-corrected chi connectivity index (χ3v) is 3.33. The highest BCUT2D eigenvalue weighted by atomic mass is 32.2. The highest BCUT2D eigenvalue weighted by molar-refractivity contribution is 7.99. The molecule has 0 aliphatic carbocycles. The van der Waals surface area contributed by atoms with Gasteiger partial charge in [0.15, 0.2) is 11.5 Å². The molecule has 0 aliphatic heterocycles. The van der Waals surface area contributed by atoms with Gasteiger partial charge in [-0.25, -0.2) is 4.98 Å². The number of pyridine rings is 1. The number of nitrogens with zero attached hydrogens (tertiary/aromatic N) is 1. The molecule has 0 spiro atoms. The summed E-state index contributed by atoms with van der Waals surface area (Å²) in [4.78, 5) is 4.21. The summed E-state index contributed by atoms with van der Waals surface area (Å²) in [6.07, 6.45) is 1.66. The number of nitrogens with two attached hydrogens (primary N) is 1. The van der Waals surface area contributed by atoms with Crippen molar-refractivity contribution < 1.29 is 9.47 Å². The first kappa shape index (κ1) is 13.5. The summed E-state index contributed by atoms with van der Waals surface area (Å²) in [5.74, 6) is 2.32. The molecule has 5 heteroatoms. The summed E-state index contributed by atoms with van der Waals surface area (Å²) >= 11 is 1.63. The van der Waals surface area contributed by atoms with Crippen LogP contribution >= 0.6 is 11.8 Å². The molecule has 2 rings (SSSR count). The fourth-order valence-electron chi connectivity index (χ4n) is 1.51. The van der Waals surface area contributed by atoms with Crippen molar-refractivity contribution >= 4 is 17.4 Å². The van der Waals surface area contributed by atoms with Gasteiger partial charge >= 0.3 is 0 Å². The molecular weight excluding hydrogens is 260 g/mol. The number of aromatic nitrogens is 1. The molecule has 0 fully saturated rings. The first-order valence-electron chi connectivity index (χ1n) is 5.90. The van der Waals surface area contributed by atoms with Gasteiger partial charge in [-0.3, -0.25) is 0 Å². The van der Waals surface area contributed by atoms with Crippen LogP contribution < -0.4 is 15.2 Å². The first-order valence-corrected chi connectivity index (χ1v) is 6.88. The third kappa shape index (κ3) is 4.06. The van der Waals surface area contributed by atoms with Crippen molar-refractivity contribution in [3.8, 4) is 11.5 Å². The minimum atomic E-state index is 0.594. The molecule has 0 bridgehead atoms. The number of hydrogen-bond donors (Lipinski definition) is 1. The Labute approximate surface area is 116 Å². The minimum absolute atomic E-state index is 0.594. The maximum Gasteiger partial charge on any atom is 0.161 e. The smallest absolute Gasteiger partial charge is 0.161 e. The zero-order chi connectivity index (χ0) is 13.5. The van der Waals surface area contributed by atoms with Gasteiger partial charge in [0.2, 0.25) is 0 Å². The van der Waals surface area contributed by atoms with E-state index in [9.17, 15) is 0 Å². The van der Waals surface area contributed by atoms with Crippen LogP contribution in [0.4, 0.5) is 5.69 Å². The number of rotatable bonds is 6. The van der Waals surface area contributed by atoms with Crippen LogP contribution in [0.25, 0.3) is 0 Å². The van der Waals surface area contributed by atoms with Gasteiger partial charge in [-0.2, -0.15) is 0 Å². The molecule has 2 N–H and O–H groups in total. The highest BCUT2D eigenvalue weighted by Gasteiger charge is 2.02. The monoisotopic (exact) mass is 276 g/mol. The molecule has 0 saturated carbocycles. The molecule has 0 aliphatic rings. The number of para-hydroxylation sites is 2. The quantitative estimate of drug-likeness (QED) is 0.649. The summed E-state index contributed by atoms with van der Waals surface area (Å²) in [6, 6.07) is 11.4. The van der Waals surface area contributed by atoms with Crippen LogP contribution in [0.1, 0.15) is 0 Å². The Morgan fingerprint density at radius 1 is 1.16 bits per heavy atom. The van der Waals surface area contributed by atoms with E-state index in [-0.39, 0.29) is 0 Å². The topological polar surface area (TPSA) is 57.4 Å². The fraction of sp³-hybridized carbons (Fsp3) is 0.214. The molecule has 0 unspecified atom stereocenters. The number of nitrogen functional groups attached to an aromatic ring is 1. The Hall–Kier alpha value is -1.88. The van der Waals surface area contributed by atoms with Gasteiger partial charge in [-0.1, -0.05) is 12.1 Å². The molecule has 1 aromatic carbocycles. The van der Waals surface area contributed by atoms with E-state index in [1.54, 1.807) is 25.1 Å². The Balaban J connectivity index is 1.79. The predicted octanol–water partition coefficient (Wildman–Crippen LogP) is 2.84. The van der Waals surface area contributed by atoms with E-state index in [1.165, 1.54) is 0 Å². The van der Waals surface area contributed by atoms with Crippen molar-refractivity contribution in [1.29, 1.82) is 0 Å². The van der Waals surface area contributed by atoms with Crippen molar-refractivity contribution in [2.45, 2.75) is 5.03 Å². The molecule has 0 radical (unpaired) electrons. The molecule has 0 amide bonds. The maximum atomic E-state index is 5.68. The molecule has 0 atom stereocenters. The van der Waals surface area contributed by atoms with Crippen molar-refractivity contribution in [3.05, 3.63) is 42.6 Å². The SMILES string of the molecule is COc1ccccc1OCCSc1ccc(N)cn1. The summed E-state index contributed by atoms with van der Waals surface area (Å²) in [7, 11) is 1.63. The predicted molar refractivity (Wildman–Crippen MR) is 77.9 cm³/mol. The van der Waals surface area contributed by atoms with E-state index < -0.39 is 0 Å². The molecule has 4 nitrogen and oxygen atoms in total. The summed E-state index contributed by atoms with van der Waals surface area (Å²) in [5, 5.41) is 0.942. The molecular formula is C14H16N2O2S. The van der Waals surface area contributed by atoms with Gasteiger partial charge in [0.1, 0.15) is 0 Å². The minimum Gasteiger partial charge on any atom is -0.493 e. The van der Waals surface area contributed by atoms with E-state index in [0.29, 0.717) is 12.3 Å². The highest BCUT2D eigenvalue weighted by Crippen LogP contribution is 2.26. The van der Waals surface area contributed by atoms with Crippen LogP contribution in [-0.2, 0) is 0 Å². The van der Waals surface area contributed by atoms with Crippen LogP contribution in [0.15, 0.2) is 47.6 Å². The lowest BCUT2D eigenvalue weighted by molar-refractivity contribution is 0.313. The van der Waals surface area contributed by atoms with Crippen molar-refractivity contribution in [3.63, 3.8) is 0 Å². The van der Waals surface area contributed by atoms with E-state index in [2.05, 4.69) is 4.98 Å². The number of thioether (sulfide) groups is 1.